The van der Waals surface area contributed by atoms with E-state index in [0.717, 1.165) is 11.3 Å². The van der Waals surface area contributed by atoms with Gasteiger partial charge in [0, 0.05) is 6.54 Å². The highest BCUT2D eigenvalue weighted by molar-refractivity contribution is 7.71. The Hall–Kier alpha value is -3.96. The highest BCUT2D eigenvalue weighted by Crippen LogP contribution is 2.33. The molecule has 0 unspecified atom stereocenters. The van der Waals surface area contributed by atoms with Gasteiger partial charge < -0.3 is 15.6 Å². The first-order valence-corrected chi connectivity index (χ1v) is 9.72. The Balaban J connectivity index is 1.91. The van der Waals surface area contributed by atoms with E-state index in [4.69, 9.17) is 18.0 Å². The summed E-state index contributed by atoms with van der Waals surface area (Å²) in [4.78, 5) is 17.3. The van der Waals surface area contributed by atoms with Crippen LogP contribution in [0.25, 0.3) is 22.3 Å². The fourth-order valence-corrected chi connectivity index (χ4v) is 3.82. The quantitative estimate of drug-likeness (QED) is 0.371. The van der Waals surface area contributed by atoms with Crippen LogP contribution in [0.15, 0.2) is 60.9 Å². The Labute approximate surface area is 178 Å². The molecule has 0 aliphatic carbocycles. The van der Waals surface area contributed by atoms with E-state index in [2.05, 4.69) is 16.4 Å². The van der Waals surface area contributed by atoms with Crippen molar-refractivity contribution in [1.82, 2.24) is 14.1 Å². The molecule has 0 saturated heterocycles. The van der Waals surface area contributed by atoms with Gasteiger partial charge in [-0.3, -0.25) is 0 Å². The maximum atomic E-state index is 12.9. The standard InChI is InChI=1S/C22H18N6OS/c1-2-27-19(14-8-4-3-5-9-14)15(12-23)18-20(27)21(30)28(13-25-18)22(29)26-17-11-7-6-10-16(17)24/h3-11,13H,2,24H2,1H3,(H,26,29). The van der Waals surface area contributed by atoms with Gasteiger partial charge in [0.2, 0.25) is 0 Å². The van der Waals surface area contributed by atoms with Crippen LogP contribution in [-0.4, -0.2) is 20.1 Å². The first-order valence-electron chi connectivity index (χ1n) is 9.32. The topological polar surface area (TPSA) is 102 Å². The molecule has 0 bridgehead atoms. The number of aromatic nitrogens is 3. The molecule has 0 aliphatic heterocycles. The Kier molecular flexibility index (Phi) is 5.04. The lowest BCUT2D eigenvalue weighted by Gasteiger charge is -2.11. The molecule has 0 spiro atoms. The summed E-state index contributed by atoms with van der Waals surface area (Å²) in [6.45, 7) is 2.52. The van der Waals surface area contributed by atoms with Crippen molar-refractivity contribution in [2.45, 2.75) is 13.5 Å². The number of rotatable bonds is 3. The average molecular weight is 414 g/mol. The summed E-state index contributed by atoms with van der Waals surface area (Å²) >= 11 is 5.64. The third-order valence-electron chi connectivity index (χ3n) is 4.86. The van der Waals surface area contributed by atoms with Gasteiger partial charge in [0.15, 0.2) is 0 Å². The normalized spacial score (nSPS) is 10.7. The first-order chi connectivity index (χ1) is 14.6. The Morgan fingerprint density at radius 1 is 1.20 bits per heavy atom. The molecule has 0 saturated carbocycles. The molecular weight excluding hydrogens is 396 g/mol. The number of para-hydroxylation sites is 2. The molecule has 2 heterocycles. The lowest BCUT2D eigenvalue weighted by Crippen LogP contribution is -2.21. The van der Waals surface area contributed by atoms with Crippen molar-refractivity contribution in [3.63, 3.8) is 0 Å². The second-order valence-electron chi connectivity index (χ2n) is 6.58. The molecule has 1 amide bonds. The van der Waals surface area contributed by atoms with Gasteiger partial charge >= 0.3 is 6.03 Å². The van der Waals surface area contributed by atoms with E-state index in [1.807, 2.05) is 41.8 Å². The number of amides is 1. The fourth-order valence-electron chi connectivity index (χ4n) is 3.48. The van der Waals surface area contributed by atoms with Crippen molar-refractivity contribution in [2.75, 3.05) is 11.1 Å². The van der Waals surface area contributed by atoms with Crippen molar-refractivity contribution in [1.29, 1.82) is 5.26 Å². The van der Waals surface area contributed by atoms with Crippen LogP contribution in [0.5, 0.6) is 0 Å². The molecule has 7 nitrogen and oxygen atoms in total. The van der Waals surface area contributed by atoms with Crippen LogP contribution >= 0.6 is 12.2 Å². The zero-order valence-electron chi connectivity index (χ0n) is 16.2. The van der Waals surface area contributed by atoms with Crippen molar-refractivity contribution in [2.24, 2.45) is 0 Å². The van der Waals surface area contributed by atoms with Gasteiger partial charge in [0.25, 0.3) is 0 Å². The molecule has 0 fully saturated rings. The van der Waals surface area contributed by atoms with Crippen LogP contribution in [0.4, 0.5) is 16.2 Å². The van der Waals surface area contributed by atoms with Gasteiger partial charge in [-0.1, -0.05) is 54.7 Å². The highest BCUT2D eigenvalue weighted by Gasteiger charge is 2.22. The number of nitrogen functional groups attached to an aromatic ring is 1. The number of benzene rings is 2. The molecule has 4 rings (SSSR count). The van der Waals surface area contributed by atoms with Gasteiger partial charge in [-0.25, -0.2) is 14.3 Å². The Bertz CT molecular complexity index is 1360. The van der Waals surface area contributed by atoms with Crippen molar-refractivity contribution < 1.29 is 4.79 Å². The van der Waals surface area contributed by atoms with Crippen LogP contribution in [0.3, 0.4) is 0 Å². The number of anilines is 2. The van der Waals surface area contributed by atoms with Crippen LogP contribution in [0, 0.1) is 16.0 Å². The second kappa shape index (κ2) is 7.81. The molecule has 0 radical (unpaired) electrons. The zero-order chi connectivity index (χ0) is 21.3. The summed E-state index contributed by atoms with van der Waals surface area (Å²) in [5, 5.41) is 12.6. The maximum Gasteiger partial charge on any atom is 0.332 e. The summed E-state index contributed by atoms with van der Waals surface area (Å²) in [5.41, 5.74) is 9.96. The van der Waals surface area contributed by atoms with Crippen LogP contribution < -0.4 is 11.1 Å². The lowest BCUT2D eigenvalue weighted by molar-refractivity contribution is 0.253. The van der Waals surface area contributed by atoms with E-state index in [1.54, 1.807) is 24.3 Å². The highest BCUT2D eigenvalue weighted by atomic mass is 32.1. The molecule has 0 aliphatic rings. The number of nitrogens with one attached hydrogen (secondary N) is 1. The van der Waals surface area contributed by atoms with E-state index in [9.17, 15) is 10.1 Å². The van der Waals surface area contributed by atoms with Crippen molar-refractivity contribution >= 4 is 40.7 Å². The zero-order valence-corrected chi connectivity index (χ0v) is 17.0. The summed E-state index contributed by atoms with van der Waals surface area (Å²) in [6.07, 6.45) is 1.34. The SMILES string of the molecule is CCn1c(-c2ccccc2)c(C#N)c2ncn(C(=O)Nc3ccccc3N)c(=S)c21. The molecule has 8 heteroatoms. The van der Waals surface area contributed by atoms with E-state index in [-0.39, 0.29) is 4.64 Å². The maximum absolute atomic E-state index is 12.9. The van der Waals surface area contributed by atoms with Crippen LogP contribution in [0.1, 0.15) is 12.5 Å². The molecule has 2 aromatic heterocycles. The smallest absolute Gasteiger partial charge is 0.332 e. The predicted molar refractivity (Wildman–Crippen MR) is 120 cm³/mol. The summed E-state index contributed by atoms with van der Waals surface area (Å²) in [7, 11) is 0. The fraction of sp³-hybridized carbons (Fsp3) is 0.0909. The number of nitriles is 1. The Morgan fingerprint density at radius 2 is 1.90 bits per heavy atom. The number of hydrogen-bond acceptors (Lipinski definition) is 5. The van der Waals surface area contributed by atoms with Gasteiger partial charge in [0.1, 0.15) is 33.6 Å². The van der Waals surface area contributed by atoms with Crippen molar-refractivity contribution in [3.8, 4) is 17.3 Å². The molecule has 148 valence electrons. The second-order valence-corrected chi connectivity index (χ2v) is 6.97. The molecule has 0 atom stereocenters. The third-order valence-corrected chi connectivity index (χ3v) is 5.25. The van der Waals surface area contributed by atoms with E-state index < -0.39 is 6.03 Å². The molecule has 2 aromatic carbocycles. The summed E-state index contributed by atoms with van der Waals surface area (Å²) < 4.78 is 3.46. The molecular formula is C22H18N6OS. The average Bonchev–Trinajstić information content (AvgIpc) is 3.10. The van der Waals surface area contributed by atoms with Crippen molar-refractivity contribution in [3.05, 3.63) is 71.1 Å². The van der Waals surface area contributed by atoms with E-state index in [1.165, 1.54) is 10.9 Å². The first kappa shape index (κ1) is 19.4. The number of nitrogens with two attached hydrogens (primary N) is 1. The van der Waals surface area contributed by atoms with Gasteiger partial charge in [0.05, 0.1) is 17.1 Å². The molecule has 4 aromatic rings. The minimum Gasteiger partial charge on any atom is -0.397 e. The minimum atomic E-state index is -0.476. The third kappa shape index (κ3) is 3.11. The van der Waals surface area contributed by atoms with Crippen LogP contribution in [-0.2, 0) is 6.54 Å². The summed E-state index contributed by atoms with van der Waals surface area (Å²) in [5.74, 6) is 0. The number of carbonyl (C=O) groups excluding carboxylic acids is 1. The number of hydrogen-bond donors (Lipinski definition) is 2. The summed E-state index contributed by atoms with van der Waals surface area (Å²) in [6, 6.07) is 18.4. The lowest BCUT2D eigenvalue weighted by atomic mass is 10.1. The minimum absolute atomic E-state index is 0.271. The van der Waals surface area contributed by atoms with E-state index >= 15 is 0 Å². The van der Waals surface area contributed by atoms with Gasteiger partial charge in [-0.05, 0) is 24.6 Å². The van der Waals surface area contributed by atoms with Crippen LogP contribution in [0.2, 0.25) is 0 Å². The number of aryl methyl sites for hydroxylation is 1. The molecule has 30 heavy (non-hydrogen) atoms. The monoisotopic (exact) mass is 414 g/mol. The predicted octanol–water partition coefficient (Wildman–Crippen LogP) is 4.79. The Morgan fingerprint density at radius 3 is 2.57 bits per heavy atom. The largest absolute Gasteiger partial charge is 0.397 e. The molecule has 3 N–H and O–H groups in total. The van der Waals surface area contributed by atoms with Gasteiger partial charge in [-0.15, -0.1) is 0 Å². The number of nitrogens with zero attached hydrogens (tertiary/aromatic N) is 4. The number of fused-ring (bicyclic) bond motifs is 1. The number of carbonyl (C=O) groups is 1. The van der Waals surface area contributed by atoms with E-state index in [0.29, 0.717) is 34.5 Å². The van der Waals surface area contributed by atoms with Gasteiger partial charge in [-0.2, -0.15) is 5.26 Å².